The van der Waals surface area contributed by atoms with Crippen molar-refractivity contribution in [2.24, 2.45) is 11.3 Å². The molecule has 2 fully saturated rings. The molecular formula is C21H29N3O2. The van der Waals surface area contributed by atoms with Gasteiger partial charge in [-0.3, -0.25) is 9.88 Å². The van der Waals surface area contributed by atoms with Crippen LogP contribution in [0.15, 0.2) is 47.2 Å². The number of nitrogens with zero attached hydrogens (tertiary/aromatic N) is 3. The van der Waals surface area contributed by atoms with Crippen LogP contribution in [0, 0.1) is 11.3 Å². The number of likely N-dealkylation sites (tertiary alicyclic amines) is 2. The van der Waals surface area contributed by atoms with Crippen LogP contribution in [0.5, 0.6) is 0 Å². The van der Waals surface area contributed by atoms with Gasteiger partial charge < -0.3 is 14.1 Å². The van der Waals surface area contributed by atoms with E-state index in [4.69, 9.17) is 9.15 Å². The SMILES string of the molecule is CCN1C[C@H](COCc2ccccn2)[C@]2(CCN(Cc3ccco3)C2)C1. The van der Waals surface area contributed by atoms with Gasteiger partial charge in [-0.25, -0.2) is 0 Å². The third-order valence-electron chi connectivity index (χ3n) is 6.05. The highest BCUT2D eigenvalue weighted by atomic mass is 16.5. The second-order valence-corrected chi connectivity index (χ2v) is 7.76. The first-order chi connectivity index (χ1) is 12.8. The smallest absolute Gasteiger partial charge is 0.117 e. The topological polar surface area (TPSA) is 41.7 Å². The number of aromatic nitrogens is 1. The molecule has 0 aromatic carbocycles. The summed E-state index contributed by atoms with van der Waals surface area (Å²) in [5.41, 5.74) is 1.37. The van der Waals surface area contributed by atoms with Crippen molar-refractivity contribution in [2.45, 2.75) is 26.5 Å². The van der Waals surface area contributed by atoms with E-state index in [0.29, 0.717) is 17.9 Å². The van der Waals surface area contributed by atoms with E-state index in [1.807, 2.05) is 30.5 Å². The van der Waals surface area contributed by atoms with Gasteiger partial charge in [0.2, 0.25) is 0 Å². The van der Waals surface area contributed by atoms with Gasteiger partial charge in [-0.15, -0.1) is 0 Å². The summed E-state index contributed by atoms with van der Waals surface area (Å²) in [5.74, 6) is 1.66. The second-order valence-electron chi connectivity index (χ2n) is 7.76. The molecule has 0 unspecified atom stereocenters. The third-order valence-corrected chi connectivity index (χ3v) is 6.05. The lowest BCUT2D eigenvalue weighted by atomic mass is 9.77. The Kier molecular flexibility index (Phi) is 5.38. The van der Waals surface area contributed by atoms with E-state index in [0.717, 1.165) is 50.8 Å². The molecule has 2 aromatic heterocycles. The fourth-order valence-corrected chi connectivity index (χ4v) is 4.61. The first-order valence-corrected chi connectivity index (χ1v) is 9.72. The molecule has 26 heavy (non-hydrogen) atoms. The molecule has 0 saturated carbocycles. The van der Waals surface area contributed by atoms with E-state index in [9.17, 15) is 0 Å². The van der Waals surface area contributed by atoms with Crippen LogP contribution in [0.1, 0.15) is 24.8 Å². The van der Waals surface area contributed by atoms with E-state index in [-0.39, 0.29) is 0 Å². The zero-order chi connectivity index (χ0) is 17.8. The molecule has 0 aliphatic carbocycles. The predicted octanol–water partition coefficient (Wildman–Crippen LogP) is 3.04. The minimum absolute atomic E-state index is 0.354. The summed E-state index contributed by atoms with van der Waals surface area (Å²) in [6.45, 7) is 10.4. The minimum Gasteiger partial charge on any atom is -0.468 e. The molecule has 0 N–H and O–H groups in total. The van der Waals surface area contributed by atoms with Crippen LogP contribution in [0.2, 0.25) is 0 Å². The van der Waals surface area contributed by atoms with Gasteiger partial charge in [-0.1, -0.05) is 13.0 Å². The van der Waals surface area contributed by atoms with Gasteiger partial charge in [-0.05, 0) is 43.8 Å². The summed E-state index contributed by atoms with van der Waals surface area (Å²) in [6, 6.07) is 10.0. The molecule has 5 heteroatoms. The van der Waals surface area contributed by atoms with Crippen molar-refractivity contribution in [3.63, 3.8) is 0 Å². The summed E-state index contributed by atoms with van der Waals surface area (Å²) in [7, 11) is 0. The van der Waals surface area contributed by atoms with Crippen LogP contribution in [-0.2, 0) is 17.9 Å². The Hall–Kier alpha value is -1.69. The molecule has 1 spiro atoms. The lowest BCUT2D eigenvalue weighted by Gasteiger charge is -2.30. The summed E-state index contributed by atoms with van der Waals surface area (Å²) < 4.78 is 11.6. The van der Waals surface area contributed by atoms with E-state index in [2.05, 4.69) is 27.8 Å². The fourth-order valence-electron chi connectivity index (χ4n) is 4.61. The van der Waals surface area contributed by atoms with Crippen LogP contribution in [0.4, 0.5) is 0 Å². The van der Waals surface area contributed by atoms with Crippen molar-refractivity contribution in [3.05, 3.63) is 54.2 Å². The number of furan rings is 1. The van der Waals surface area contributed by atoms with Gasteiger partial charge in [-0.2, -0.15) is 0 Å². The Labute approximate surface area is 156 Å². The number of ether oxygens (including phenoxy) is 1. The van der Waals surface area contributed by atoms with Crippen molar-refractivity contribution in [2.75, 3.05) is 39.3 Å². The predicted molar refractivity (Wildman–Crippen MR) is 101 cm³/mol. The van der Waals surface area contributed by atoms with Crippen molar-refractivity contribution in [1.82, 2.24) is 14.8 Å². The maximum Gasteiger partial charge on any atom is 0.117 e. The molecule has 2 atom stereocenters. The lowest BCUT2D eigenvalue weighted by Crippen LogP contribution is -2.36. The van der Waals surface area contributed by atoms with Gasteiger partial charge in [0.15, 0.2) is 0 Å². The first kappa shape index (κ1) is 17.7. The minimum atomic E-state index is 0.354. The van der Waals surface area contributed by atoms with E-state index in [1.165, 1.54) is 13.0 Å². The van der Waals surface area contributed by atoms with E-state index >= 15 is 0 Å². The lowest BCUT2D eigenvalue weighted by molar-refractivity contribution is 0.0498. The Morgan fingerprint density at radius 2 is 2.15 bits per heavy atom. The monoisotopic (exact) mass is 355 g/mol. The molecule has 140 valence electrons. The highest BCUT2D eigenvalue weighted by Gasteiger charge is 2.49. The van der Waals surface area contributed by atoms with Crippen molar-refractivity contribution in [1.29, 1.82) is 0 Å². The van der Waals surface area contributed by atoms with Crippen LogP contribution in [0.25, 0.3) is 0 Å². The Balaban J connectivity index is 1.36. The molecule has 2 aromatic rings. The molecule has 5 nitrogen and oxygen atoms in total. The van der Waals surface area contributed by atoms with Crippen molar-refractivity contribution < 1.29 is 9.15 Å². The maximum absolute atomic E-state index is 6.10. The standard InChI is InChI=1S/C21H29N3O2/c1-2-23-12-18(14-25-15-19-6-3-4-9-22-19)21(16-23)8-10-24(17-21)13-20-7-5-11-26-20/h3-7,9,11,18H,2,8,10,12-17H2,1H3/t18-,21-/m1/s1. The quantitative estimate of drug-likeness (QED) is 0.764. The first-order valence-electron chi connectivity index (χ1n) is 9.72. The molecule has 4 heterocycles. The summed E-state index contributed by atoms with van der Waals surface area (Å²) >= 11 is 0. The molecule has 0 amide bonds. The van der Waals surface area contributed by atoms with E-state index in [1.54, 1.807) is 6.26 Å². The Morgan fingerprint density at radius 1 is 1.23 bits per heavy atom. The number of hydrogen-bond acceptors (Lipinski definition) is 5. The average Bonchev–Trinajstić information content (AvgIpc) is 3.39. The molecule has 2 aliphatic heterocycles. The highest BCUT2D eigenvalue weighted by Crippen LogP contribution is 2.44. The number of rotatable bonds is 7. The highest BCUT2D eigenvalue weighted by molar-refractivity contribution is 5.05. The number of hydrogen-bond donors (Lipinski definition) is 0. The van der Waals surface area contributed by atoms with Crippen LogP contribution in [-0.4, -0.2) is 54.1 Å². The van der Waals surface area contributed by atoms with Crippen LogP contribution < -0.4 is 0 Å². The summed E-state index contributed by atoms with van der Waals surface area (Å²) in [4.78, 5) is 9.50. The third kappa shape index (κ3) is 3.85. The molecular weight excluding hydrogens is 326 g/mol. The van der Waals surface area contributed by atoms with Gasteiger partial charge in [0.25, 0.3) is 0 Å². The zero-order valence-electron chi connectivity index (χ0n) is 15.6. The van der Waals surface area contributed by atoms with Crippen LogP contribution in [0.3, 0.4) is 0 Å². The summed E-state index contributed by atoms with van der Waals surface area (Å²) in [6.07, 6.45) is 4.85. The molecule has 2 aliphatic rings. The van der Waals surface area contributed by atoms with E-state index < -0.39 is 0 Å². The van der Waals surface area contributed by atoms with Gasteiger partial charge in [0.05, 0.1) is 31.7 Å². The Bertz CT molecular complexity index is 676. The molecule has 4 rings (SSSR count). The largest absolute Gasteiger partial charge is 0.468 e. The summed E-state index contributed by atoms with van der Waals surface area (Å²) in [5, 5.41) is 0. The molecule has 0 radical (unpaired) electrons. The molecule has 0 bridgehead atoms. The van der Waals surface area contributed by atoms with Gasteiger partial charge in [0.1, 0.15) is 5.76 Å². The van der Waals surface area contributed by atoms with Crippen molar-refractivity contribution in [3.8, 4) is 0 Å². The average molecular weight is 355 g/mol. The second kappa shape index (κ2) is 7.91. The van der Waals surface area contributed by atoms with Crippen LogP contribution >= 0.6 is 0 Å². The Morgan fingerprint density at radius 3 is 2.92 bits per heavy atom. The fraction of sp³-hybridized carbons (Fsp3) is 0.571. The van der Waals surface area contributed by atoms with Gasteiger partial charge in [0, 0.05) is 37.2 Å². The maximum atomic E-state index is 6.10. The van der Waals surface area contributed by atoms with Crippen molar-refractivity contribution >= 4 is 0 Å². The number of pyridine rings is 1. The molecule has 2 saturated heterocycles. The van der Waals surface area contributed by atoms with Gasteiger partial charge >= 0.3 is 0 Å². The normalized spacial score (nSPS) is 26.9. The zero-order valence-corrected chi connectivity index (χ0v) is 15.6.